The third kappa shape index (κ3) is 4.88. The fourth-order valence-corrected chi connectivity index (χ4v) is 1.12. The van der Waals surface area contributed by atoms with Gasteiger partial charge in [-0.25, -0.2) is 0 Å². The predicted octanol–water partition coefficient (Wildman–Crippen LogP) is 1.47. The highest BCUT2D eigenvalue weighted by molar-refractivity contribution is 6.42. The molecule has 0 saturated carbocycles. The van der Waals surface area contributed by atoms with Gasteiger partial charge < -0.3 is 5.32 Å². The molecule has 0 fully saturated rings. The largest absolute Gasteiger partial charge is 0.348 e. The van der Waals surface area contributed by atoms with E-state index < -0.39 is 0 Å². The smallest absolute Gasteiger partial charge is 0.244 e. The van der Waals surface area contributed by atoms with Crippen LogP contribution in [0.4, 0.5) is 0 Å². The van der Waals surface area contributed by atoms with E-state index in [1.54, 1.807) is 0 Å². The first-order valence-electron chi connectivity index (χ1n) is 5.19. The topological polar surface area (TPSA) is 70.0 Å². The molecule has 2 N–H and O–H groups in total. The van der Waals surface area contributed by atoms with Gasteiger partial charge in [-0.15, -0.1) is 0 Å². The van der Waals surface area contributed by atoms with Gasteiger partial charge in [0.05, 0.1) is 5.71 Å². The summed E-state index contributed by atoms with van der Waals surface area (Å²) >= 11 is 0. The maximum atomic E-state index is 11.3. The van der Waals surface area contributed by atoms with Crippen molar-refractivity contribution < 1.29 is 9.59 Å². The fraction of sp³-hybridized carbons (Fsp3) is 0.154. The highest BCUT2D eigenvalue weighted by atomic mass is 16.1. The molecule has 0 unspecified atom stereocenters. The van der Waals surface area contributed by atoms with Gasteiger partial charge in [-0.2, -0.15) is 0 Å². The molecule has 1 amide bonds. The minimum Gasteiger partial charge on any atom is -0.348 e. The molecule has 1 aromatic rings. The molecule has 1 aromatic carbocycles. The van der Waals surface area contributed by atoms with Crippen molar-refractivity contribution in [2.75, 3.05) is 0 Å². The second-order valence-electron chi connectivity index (χ2n) is 3.51. The van der Waals surface area contributed by atoms with E-state index in [4.69, 9.17) is 5.41 Å². The number of benzene rings is 1. The molecule has 0 saturated heterocycles. The SMILES string of the molecule is CC(=O)C(=N)/C=C\C(=O)NCc1ccccc1. The predicted molar refractivity (Wildman–Crippen MR) is 65.8 cm³/mol. The van der Waals surface area contributed by atoms with E-state index in [-0.39, 0.29) is 17.4 Å². The first-order valence-corrected chi connectivity index (χ1v) is 5.19. The van der Waals surface area contributed by atoms with Gasteiger partial charge in [-0.3, -0.25) is 15.0 Å². The van der Waals surface area contributed by atoms with Gasteiger partial charge in [0.2, 0.25) is 5.91 Å². The molecule has 0 aliphatic rings. The molecule has 0 atom stereocenters. The Morgan fingerprint density at radius 1 is 1.24 bits per heavy atom. The van der Waals surface area contributed by atoms with Gasteiger partial charge in [-0.05, 0) is 11.6 Å². The lowest BCUT2D eigenvalue weighted by atomic mass is 10.2. The Morgan fingerprint density at radius 2 is 1.88 bits per heavy atom. The summed E-state index contributed by atoms with van der Waals surface area (Å²) in [5, 5.41) is 9.88. The first-order chi connectivity index (χ1) is 8.09. The van der Waals surface area contributed by atoms with E-state index in [0.717, 1.165) is 5.56 Å². The van der Waals surface area contributed by atoms with Crippen molar-refractivity contribution in [2.24, 2.45) is 0 Å². The van der Waals surface area contributed by atoms with Crippen LogP contribution in [0.3, 0.4) is 0 Å². The number of carbonyl (C=O) groups excluding carboxylic acids is 2. The van der Waals surface area contributed by atoms with Gasteiger partial charge in [0.1, 0.15) is 0 Å². The minimum absolute atomic E-state index is 0.181. The average molecular weight is 230 g/mol. The summed E-state index contributed by atoms with van der Waals surface area (Å²) in [5.41, 5.74) is 0.816. The lowest BCUT2D eigenvalue weighted by molar-refractivity contribution is -0.116. The molecule has 88 valence electrons. The van der Waals surface area contributed by atoms with E-state index in [1.165, 1.54) is 19.1 Å². The Kier molecular flexibility index (Phi) is 4.81. The monoisotopic (exact) mass is 230 g/mol. The molecule has 0 heterocycles. The Morgan fingerprint density at radius 3 is 2.47 bits per heavy atom. The second-order valence-corrected chi connectivity index (χ2v) is 3.51. The zero-order chi connectivity index (χ0) is 12.7. The van der Waals surface area contributed by atoms with Crippen LogP contribution in [0, 0.1) is 5.41 Å². The van der Waals surface area contributed by atoms with E-state index in [1.807, 2.05) is 30.3 Å². The summed E-state index contributed by atoms with van der Waals surface area (Å²) in [6.45, 7) is 1.71. The number of carbonyl (C=O) groups is 2. The summed E-state index contributed by atoms with van der Waals surface area (Å²) in [5.74, 6) is -0.683. The van der Waals surface area contributed by atoms with E-state index in [9.17, 15) is 9.59 Å². The van der Waals surface area contributed by atoms with Gasteiger partial charge >= 0.3 is 0 Å². The summed E-state index contributed by atoms with van der Waals surface area (Å²) in [4.78, 5) is 22.1. The summed E-state index contributed by atoms with van der Waals surface area (Å²) in [6, 6.07) is 9.49. The normalized spacial score (nSPS) is 10.2. The molecule has 0 aliphatic carbocycles. The quantitative estimate of drug-likeness (QED) is 0.594. The number of amides is 1. The number of hydrogen-bond acceptors (Lipinski definition) is 3. The number of rotatable bonds is 5. The molecule has 4 heteroatoms. The molecule has 0 radical (unpaired) electrons. The van der Waals surface area contributed by atoms with Crippen molar-refractivity contribution in [1.82, 2.24) is 5.32 Å². The van der Waals surface area contributed by atoms with Crippen LogP contribution < -0.4 is 5.32 Å². The van der Waals surface area contributed by atoms with Crippen LogP contribution in [0.15, 0.2) is 42.5 Å². The average Bonchev–Trinajstić information content (AvgIpc) is 2.34. The molecule has 0 aliphatic heterocycles. The lowest BCUT2D eigenvalue weighted by Crippen LogP contribution is -2.20. The van der Waals surface area contributed by atoms with Crippen molar-refractivity contribution in [3.05, 3.63) is 48.0 Å². The highest BCUT2D eigenvalue weighted by Crippen LogP contribution is 1.96. The Labute approximate surface area is 99.9 Å². The highest BCUT2D eigenvalue weighted by Gasteiger charge is 1.99. The van der Waals surface area contributed by atoms with Gasteiger partial charge in [0.25, 0.3) is 0 Å². The minimum atomic E-state index is -0.364. The third-order valence-electron chi connectivity index (χ3n) is 2.09. The van der Waals surface area contributed by atoms with Crippen LogP contribution in [-0.2, 0) is 16.1 Å². The molecule has 0 bridgehead atoms. The zero-order valence-electron chi connectivity index (χ0n) is 9.57. The van der Waals surface area contributed by atoms with Gasteiger partial charge in [0.15, 0.2) is 5.78 Å². The van der Waals surface area contributed by atoms with Crippen molar-refractivity contribution in [3.8, 4) is 0 Å². The second kappa shape index (κ2) is 6.37. The van der Waals surface area contributed by atoms with Crippen LogP contribution >= 0.6 is 0 Å². The van der Waals surface area contributed by atoms with Crippen molar-refractivity contribution >= 4 is 17.4 Å². The molecule has 0 aromatic heterocycles. The molecule has 17 heavy (non-hydrogen) atoms. The van der Waals surface area contributed by atoms with Gasteiger partial charge in [0, 0.05) is 19.5 Å². The maximum Gasteiger partial charge on any atom is 0.244 e. The van der Waals surface area contributed by atoms with Crippen molar-refractivity contribution in [2.45, 2.75) is 13.5 Å². The summed E-state index contributed by atoms with van der Waals surface area (Å²) in [6.07, 6.45) is 2.38. The standard InChI is InChI=1S/C13H14N2O2/c1-10(16)12(14)7-8-13(17)15-9-11-5-3-2-4-6-11/h2-8,14H,9H2,1H3,(H,15,17)/b8-7-,14-12?. The molecule has 4 nitrogen and oxygen atoms in total. The van der Waals surface area contributed by atoms with Crippen LogP contribution in [0.1, 0.15) is 12.5 Å². The number of ketones is 1. The van der Waals surface area contributed by atoms with E-state index in [2.05, 4.69) is 5.32 Å². The van der Waals surface area contributed by atoms with E-state index >= 15 is 0 Å². The Balaban J connectivity index is 2.41. The number of hydrogen-bond donors (Lipinski definition) is 2. The first kappa shape index (κ1) is 12.8. The molecule has 0 spiro atoms. The summed E-state index contributed by atoms with van der Waals surface area (Å²) in [7, 11) is 0. The third-order valence-corrected chi connectivity index (χ3v) is 2.09. The molecular formula is C13H14N2O2. The van der Waals surface area contributed by atoms with E-state index in [0.29, 0.717) is 6.54 Å². The molecular weight excluding hydrogens is 216 g/mol. The van der Waals surface area contributed by atoms with Crippen molar-refractivity contribution in [3.63, 3.8) is 0 Å². The van der Waals surface area contributed by atoms with Crippen LogP contribution in [0.25, 0.3) is 0 Å². The Bertz CT molecular complexity index is 450. The molecule has 1 rings (SSSR count). The number of nitrogens with one attached hydrogen (secondary N) is 2. The lowest BCUT2D eigenvalue weighted by Gasteiger charge is -2.01. The maximum absolute atomic E-state index is 11.3. The van der Waals surface area contributed by atoms with Crippen LogP contribution in [0.2, 0.25) is 0 Å². The van der Waals surface area contributed by atoms with Gasteiger partial charge in [-0.1, -0.05) is 30.3 Å². The number of allylic oxidation sites excluding steroid dienone is 1. The van der Waals surface area contributed by atoms with Crippen LogP contribution in [0.5, 0.6) is 0 Å². The number of Topliss-reactive ketones (excluding diaryl/α,β-unsaturated/α-hetero) is 1. The van der Waals surface area contributed by atoms with Crippen LogP contribution in [-0.4, -0.2) is 17.4 Å². The zero-order valence-corrected chi connectivity index (χ0v) is 9.57. The fourth-order valence-electron chi connectivity index (χ4n) is 1.12. The Hall–Kier alpha value is -2.23. The summed E-state index contributed by atoms with van der Waals surface area (Å²) < 4.78 is 0. The van der Waals surface area contributed by atoms with Crippen molar-refractivity contribution in [1.29, 1.82) is 5.41 Å².